The van der Waals surface area contributed by atoms with Crippen molar-refractivity contribution in [3.63, 3.8) is 0 Å². The van der Waals surface area contributed by atoms with Crippen LogP contribution in [0.3, 0.4) is 0 Å². The van der Waals surface area contributed by atoms with Gasteiger partial charge in [-0.2, -0.15) is 5.10 Å². The molecule has 0 aliphatic rings. The van der Waals surface area contributed by atoms with Gasteiger partial charge >= 0.3 is 0 Å². The molecular weight excluding hydrogens is 271 g/mol. The van der Waals surface area contributed by atoms with E-state index in [4.69, 9.17) is 16.7 Å². The summed E-state index contributed by atoms with van der Waals surface area (Å²) in [5, 5.41) is 13.9. The number of hydrogen-bond acceptors (Lipinski definition) is 3. The first-order chi connectivity index (χ1) is 8.24. The molecule has 0 saturated heterocycles. The number of nitrogens with one attached hydrogen (secondary N) is 1. The Hall–Kier alpha value is -1.71. The van der Waals surface area contributed by atoms with Gasteiger partial charge in [-0.05, 0) is 54.1 Å². The van der Waals surface area contributed by atoms with Crippen LogP contribution >= 0.6 is 24.0 Å². The van der Waals surface area contributed by atoms with E-state index in [0.717, 1.165) is 11.3 Å². The molecule has 0 aliphatic carbocycles. The summed E-state index contributed by atoms with van der Waals surface area (Å²) in [4.78, 5) is 0. The number of phenolic OH excluding ortho intramolecular Hbond substituents is 1. The number of hydrogen-bond donors (Lipinski definition) is 2. The summed E-state index contributed by atoms with van der Waals surface area (Å²) in [6.07, 6.45) is 1.67. The Kier molecular flexibility index (Phi) is 5.49. The molecule has 18 heavy (non-hydrogen) atoms. The molecule has 0 heterocycles. The molecule has 2 aromatic carbocycles. The number of halogens is 2. The summed E-state index contributed by atoms with van der Waals surface area (Å²) in [7, 11) is 0. The van der Waals surface area contributed by atoms with Gasteiger partial charge in [0.05, 0.1) is 11.9 Å². The highest BCUT2D eigenvalue weighted by molar-refractivity contribution is 6.30. The number of anilines is 1. The van der Waals surface area contributed by atoms with Crippen LogP contribution in [0.2, 0.25) is 5.02 Å². The third kappa shape index (κ3) is 4.28. The van der Waals surface area contributed by atoms with Crippen LogP contribution in [-0.2, 0) is 0 Å². The highest BCUT2D eigenvalue weighted by Crippen LogP contribution is 2.13. The van der Waals surface area contributed by atoms with Gasteiger partial charge in [0.2, 0.25) is 0 Å². The van der Waals surface area contributed by atoms with E-state index in [1.165, 1.54) is 0 Å². The minimum Gasteiger partial charge on any atom is -0.508 e. The topological polar surface area (TPSA) is 44.6 Å². The van der Waals surface area contributed by atoms with Gasteiger partial charge in [0.1, 0.15) is 5.75 Å². The minimum atomic E-state index is 0. The molecule has 0 amide bonds. The number of nitrogens with zero attached hydrogens (tertiary/aromatic N) is 1. The molecule has 0 radical (unpaired) electrons. The molecule has 0 saturated carbocycles. The van der Waals surface area contributed by atoms with Crippen molar-refractivity contribution in [3.05, 3.63) is 59.1 Å². The summed E-state index contributed by atoms with van der Waals surface area (Å²) in [5.41, 5.74) is 4.66. The summed E-state index contributed by atoms with van der Waals surface area (Å²) in [6.45, 7) is 0. The van der Waals surface area contributed by atoms with Crippen LogP contribution in [0.25, 0.3) is 0 Å². The highest BCUT2D eigenvalue weighted by Gasteiger charge is 1.90. The predicted octanol–water partition coefficient (Wildman–Crippen LogP) is 3.91. The summed E-state index contributed by atoms with van der Waals surface area (Å²) in [6, 6.07) is 14.1. The first-order valence-electron chi connectivity index (χ1n) is 5.08. The van der Waals surface area contributed by atoms with Gasteiger partial charge in [-0.1, -0.05) is 11.6 Å². The van der Waals surface area contributed by atoms with E-state index in [1.54, 1.807) is 42.6 Å². The Morgan fingerprint density at radius 1 is 1.00 bits per heavy atom. The van der Waals surface area contributed by atoms with Crippen LogP contribution in [0.4, 0.5) is 5.69 Å². The number of benzene rings is 2. The molecule has 0 fully saturated rings. The molecule has 3 nitrogen and oxygen atoms in total. The SMILES string of the molecule is Cl.Oc1ccc(C=NNc2ccc(Cl)cc2)cc1. The summed E-state index contributed by atoms with van der Waals surface area (Å²) >= 11 is 5.77. The van der Waals surface area contributed by atoms with E-state index in [0.29, 0.717) is 5.02 Å². The second-order valence-corrected chi connectivity index (χ2v) is 3.90. The van der Waals surface area contributed by atoms with Crippen LogP contribution in [0.1, 0.15) is 5.56 Å². The van der Waals surface area contributed by atoms with E-state index >= 15 is 0 Å². The van der Waals surface area contributed by atoms with Crippen LogP contribution in [0.15, 0.2) is 53.6 Å². The third-order valence-electron chi connectivity index (χ3n) is 2.14. The van der Waals surface area contributed by atoms with Crippen molar-refractivity contribution < 1.29 is 5.11 Å². The second-order valence-electron chi connectivity index (χ2n) is 3.47. The average molecular weight is 283 g/mol. The fourth-order valence-electron chi connectivity index (χ4n) is 1.27. The van der Waals surface area contributed by atoms with Crippen molar-refractivity contribution >= 4 is 35.9 Å². The zero-order valence-electron chi connectivity index (χ0n) is 9.38. The Labute approximate surface area is 117 Å². The quantitative estimate of drug-likeness (QED) is 0.662. The number of rotatable bonds is 3. The fraction of sp³-hybridized carbons (Fsp3) is 0. The Morgan fingerprint density at radius 2 is 1.61 bits per heavy atom. The lowest BCUT2D eigenvalue weighted by molar-refractivity contribution is 0.475. The monoisotopic (exact) mass is 282 g/mol. The van der Waals surface area contributed by atoms with Crippen molar-refractivity contribution in [1.82, 2.24) is 0 Å². The lowest BCUT2D eigenvalue weighted by Crippen LogP contribution is -1.89. The van der Waals surface area contributed by atoms with E-state index in [2.05, 4.69) is 10.5 Å². The number of aromatic hydroxyl groups is 1. The molecule has 0 aromatic heterocycles. The maximum atomic E-state index is 9.11. The standard InChI is InChI=1S/C13H11ClN2O.ClH/c14-11-3-5-12(6-4-11)16-15-9-10-1-7-13(17)8-2-10;/h1-9,16-17H;1H. The molecule has 2 rings (SSSR count). The van der Waals surface area contributed by atoms with Gasteiger partial charge in [0, 0.05) is 5.02 Å². The number of hydrazone groups is 1. The molecule has 0 spiro atoms. The van der Waals surface area contributed by atoms with Gasteiger partial charge in [-0.15, -0.1) is 12.4 Å². The molecule has 2 N–H and O–H groups in total. The smallest absolute Gasteiger partial charge is 0.115 e. The largest absolute Gasteiger partial charge is 0.508 e. The van der Waals surface area contributed by atoms with Crippen molar-refractivity contribution in [2.75, 3.05) is 5.43 Å². The van der Waals surface area contributed by atoms with Gasteiger partial charge in [0.25, 0.3) is 0 Å². The zero-order valence-corrected chi connectivity index (χ0v) is 10.9. The number of phenols is 1. The van der Waals surface area contributed by atoms with Crippen LogP contribution in [0.5, 0.6) is 5.75 Å². The van der Waals surface area contributed by atoms with Crippen molar-refractivity contribution in [3.8, 4) is 5.75 Å². The molecule has 5 heteroatoms. The highest BCUT2D eigenvalue weighted by atomic mass is 35.5. The minimum absolute atomic E-state index is 0. The molecule has 0 aliphatic heterocycles. The average Bonchev–Trinajstić information content (AvgIpc) is 2.34. The fourth-order valence-corrected chi connectivity index (χ4v) is 1.39. The van der Waals surface area contributed by atoms with Crippen LogP contribution in [-0.4, -0.2) is 11.3 Å². The predicted molar refractivity (Wildman–Crippen MR) is 78.0 cm³/mol. The lowest BCUT2D eigenvalue weighted by atomic mass is 10.2. The molecule has 2 aromatic rings. The summed E-state index contributed by atoms with van der Waals surface area (Å²) in [5.74, 6) is 0.243. The molecule has 94 valence electrons. The first-order valence-corrected chi connectivity index (χ1v) is 5.45. The van der Waals surface area contributed by atoms with E-state index in [1.807, 2.05) is 12.1 Å². The van der Waals surface area contributed by atoms with Crippen molar-refractivity contribution in [2.45, 2.75) is 0 Å². The van der Waals surface area contributed by atoms with Gasteiger partial charge in [-0.3, -0.25) is 5.43 Å². The second kappa shape index (κ2) is 6.89. The zero-order chi connectivity index (χ0) is 12.1. The normalized spacial score (nSPS) is 10.1. The Balaban J connectivity index is 0.00000162. The van der Waals surface area contributed by atoms with Gasteiger partial charge in [-0.25, -0.2) is 0 Å². The molecular formula is C13H12Cl2N2O. The van der Waals surface area contributed by atoms with E-state index in [-0.39, 0.29) is 18.2 Å². The Bertz CT molecular complexity index is 510. The van der Waals surface area contributed by atoms with E-state index in [9.17, 15) is 0 Å². The summed E-state index contributed by atoms with van der Waals surface area (Å²) < 4.78 is 0. The van der Waals surface area contributed by atoms with Gasteiger partial charge < -0.3 is 5.11 Å². The third-order valence-corrected chi connectivity index (χ3v) is 2.40. The van der Waals surface area contributed by atoms with Crippen LogP contribution in [0, 0.1) is 0 Å². The maximum Gasteiger partial charge on any atom is 0.115 e. The van der Waals surface area contributed by atoms with Crippen molar-refractivity contribution in [2.24, 2.45) is 5.10 Å². The Morgan fingerprint density at radius 3 is 2.22 bits per heavy atom. The van der Waals surface area contributed by atoms with Crippen molar-refractivity contribution in [1.29, 1.82) is 0 Å². The first kappa shape index (κ1) is 14.4. The lowest BCUT2D eigenvalue weighted by Gasteiger charge is -1.99. The van der Waals surface area contributed by atoms with Crippen LogP contribution < -0.4 is 5.43 Å². The molecule has 0 atom stereocenters. The molecule has 0 bridgehead atoms. The van der Waals surface area contributed by atoms with E-state index < -0.39 is 0 Å². The molecule has 0 unspecified atom stereocenters. The maximum absolute atomic E-state index is 9.11. The van der Waals surface area contributed by atoms with Gasteiger partial charge in [0.15, 0.2) is 0 Å².